The van der Waals surface area contributed by atoms with Crippen LogP contribution in [0.25, 0.3) is 0 Å². The minimum atomic E-state index is -1.99. The maximum absolute atomic E-state index is 11.7. The number of hydrogen-bond donors (Lipinski definition) is 0. The molecule has 0 bridgehead atoms. The van der Waals surface area contributed by atoms with Crippen LogP contribution in [0.15, 0.2) is 12.2 Å². The fourth-order valence-electron chi connectivity index (χ4n) is 2.13. The molecule has 0 aliphatic heterocycles. The predicted molar refractivity (Wildman–Crippen MR) is 77.9 cm³/mol. The molecule has 2 atom stereocenters. The second kappa shape index (κ2) is 8.48. The van der Waals surface area contributed by atoms with E-state index in [-0.39, 0.29) is 11.7 Å². The maximum atomic E-state index is 11.7. The van der Waals surface area contributed by atoms with Gasteiger partial charge in [-0.15, -0.1) is 0 Å². The van der Waals surface area contributed by atoms with Gasteiger partial charge in [0.1, 0.15) is 5.73 Å². The monoisotopic (exact) mass is 272 g/mol. The zero-order valence-electron chi connectivity index (χ0n) is 12.5. The molecule has 0 N–H and O–H groups in total. The van der Waals surface area contributed by atoms with E-state index in [1.165, 1.54) is 0 Å². The van der Waals surface area contributed by atoms with Crippen LogP contribution < -0.4 is 0 Å². The normalized spacial score (nSPS) is 15.8. The quantitative estimate of drug-likeness (QED) is 0.363. The molecule has 0 saturated heterocycles. The topological polar surface area (TPSA) is 35.5 Å². The predicted octanol–water partition coefficient (Wildman–Crippen LogP) is 3.84. The first-order valence-corrected chi connectivity index (χ1v) is 9.60. The van der Waals surface area contributed by atoms with Crippen molar-refractivity contribution in [2.24, 2.45) is 0 Å². The molecule has 106 valence electrons. The number of rotatable bonds is 9. The van der Waals surface area contributed by atoms with Gasteiger partial charge in [-0.25, -0.2) is 4.79 Å². The van der Waals surface area contributed by atoms with Crippen LogP contribution >= 0.6 is 0 Å². The van der Waals surface area contributed by atoms with E-state index in [1.807, 2.05) is 6.92 Å². The summed E-state index contributed by atoms with van der Waals surface area (Å²) in [6.07, 6.45) is 2.93. The highest BCUT2D eigenvalue weighted by Gasteiger charge is 2.40. The largest absolute Gasteiger partial charge is 0.460 e. The first kappa shape index (κ1) is 17.4. The summed E-state index contributed by atoms with van der Waals surface area (Å²) in [4.78, 5) is 11.7. The van der Waals surface area contributed by atoms with Crippen LogP contribution in [0.1, 0.15) is 47.0 Å². The average molecular weight is 272 g/mol. The molecule has 0 radical (unpaired) electrons. The summed E-state index contributed by atoms with van der Waals surface area (Å²) in [6, 6.07) is 1.02. The second-order valence-corrected chi connectivity index (χ2v) is 9.02. The van der Waals surface area contributed by atoms with Crippen LogP contribution in [0, 0.1) is 0 Å². The highest BCUT2D eigenvalue weighted by atomic mass is 28.4. The highest BCUT2D eigenvalue weighted by Crippen LogP contribution is 2.25. The van der Waals surface area contributed by atoms with Crippen molar-refractivity contribution < 1.29 is 14.0 Å². The number of esters is 1. The fourth-order valence-corrected chi connectivity index (χ4v) is 5.69. The third-order valence-corrected chi connectivity index (χ3v) is 7.26. The van der Waals surface area contributed by atoms with E-state index in [4.69, 9.17) is 9.16 Å². The molecule has 3 nitrogen and oxygen atoms in total. The minimum Gasteiger partial charge on any atom is -0.460 e. The fraction of sp³-hybridized carbons (Fsp3) is 0.786. The third kappa shape index (κ3) is 5.36. The number of ether oxygens (including phenoxy) is 1. The van der Waals surface area contributed by atoms with Crippen molar-refractivity contribution >= 4 is 14.3 Å². The van der Waals surface area contributed by atoms with Crippen LogP contribution in [0.5, 0.6) is 0 Å². The molecule has 0 fully saturated rings. The van der Waals surface area contributed by atoms with Gasteiger partial charge < -0.3 is 9.16 Å². The van der Waals surface area contributed by atoms with E-state index in [0.717, 1.165) is 25.3 Å². The molecular formula is C14H28O3Si. The lowest BCUT2D eigenvalue weighted by molar-refractivity contribution is -0.142. The molecule has 0 aromatic rings. The molecule has 0 heterocycles. The summed E-state index contributed by atoms with van der Waals surface area (Å²) in [5, 5.41) is 0. The Kier molecular flexibility index (Phi) is 8.19. The molecule has 18 heavy (non-hydrogen) atoms. The van der Waals surface area contributed by atoms with E-state index in [0.29, 0.717) is 12.2 Å². The van der Waals surface area contributed by atoms with E-state index in [2.05, 4.69) is 27.0 Å². The minimum absolute atomic E-state index is 0.0633. The highest BCUT2D eigenvalue weighted by molar-refractivity contribution is 6.73. The van der Waals surface area contributed by atoms with Gasteiger partial charge in [-0.1, -0.05) is 33.3 Å². The zero-order valence-corrected chi connectivity index (χ0v) is 13.5. The van der Waals surface area contributed by atoms with Gasteiger partial charge in [-0.05, 0) is 32.9 Å². The van der Waals surface area contributed by atoms with Crippen molar-refractivity contribution in [2.45, 2.75) is 65.3 Å². The van der Waals surface area contributed by atoms with Crippen molar-refractivity contribution in [3.05, 3.63) is 12.2 Å². The first-order chi connectivity index (χ1) is 8.41. The summed E-state index contributed by atoms with van der Waals surface area (Å²) in [5.41, 5.74) is 0.395. The summed E-state index contributed by atoms with van der Waals surface area (Å²) in [6.45, 7) is 14.4. The lowest BCUT2D eigenvalue weighted by Crippen LogP contribution is -2.50. The van der Waals surface area contributed by atoms with Gasteiger partial charge in [-0.2, -0.15) is 0 Å². The Morgan fingerprint density at radius 3 is 2.28 bits per heavy atom. The molecule has 4 heteroatoms. The van der Waals surface area contributed by atoms with E-state index in [1.54, 1.807) is 6.92 Å². The van der Waals surface area contributed by atoms with Crippen LogP contribution in [0.4, 0.5) is 0 Å². The average Bonchev–Trinajstić information content (AvgIpc) is 2.28. The molecule has 0 spiro atoms. The number of carbonyl (C=O) groups excluding carboxylic acids is 1. The van der Waals surface area contributed by atoms with Crippen molar-refractivity contribution in [3.8, 4) is 0 Å². The van der Waals surface area contributed by atoms with E-state index in [9.17, 15) is 4.79 Å². The molecule has 0 rings (SSSR count). The molecule has 0 saturated carbocycles. The Morgan fingerprint density at radius 2 is 1.89 bits per heavy atom. The second-order valence-electron chi connectivity index (χ2n) is 4.96. The maximum Gasteiger partial charge on any atom is 0.333 e. The third-order valence-electron chi connectivity index (χ3n) is 3.05. The Morgan fingerprint density at radius 1 is 1.28 bits per heavy atom. The zero-order chi connectivity index (χ0) is 14.2. The molecular weight excluding hydrogens is 244 g/mol. The molecule has 0 aliphatic rings. The summed E-state index contributed by atoms with van der Waals surface area (Å²) in [7, 11) is -1.99. The Bertz CT molecular complexity index is 270. The van der Waals surface area contributed by atoms with E-state index >= 15 is 0 Å². The van der Waals surface area contributed by atoms with Crippen LogP contribution in [-0.2, 0) is 14.0 Å². The lowest BCUT2D eigenvalue weighted by atomic mass is 10.3. The van der Waals surface area contributed by atoms with Gasteiger partial charge in [0.15, 0.2) is 0 Å². The van der Waals surface area contributed by atoms with Crippen molar-refractivity contribution in [1.29, 1.82) is 0 Å². The molecule has 0 aromatic carbocycles. The SMILES string of the molecule is C=C(C)C(=O)OC(CCC)[Si](C)(CCC)OCC. The van der Waals surface area contributed by atoms with Crippen LogP contribution in [0.3, 0.4) is 0 Å². The number of carbonyl (C=O) groups is 1. The van der Waals surface area contributed by atoms with Gasteiger partial charge in [0.25, 0.3) is 0 Å². The lowest BCUT2D eigenvalue weighted by Gasteiger charge is -2.34. The molecule has 0 aliphatic carbocycles. The van der Waals surface area contributed by atoms with Gasteiger partial charge in [-0.3, -0.25) is 0 Å². The van der Waals surface area contributed by atoms with Gasteiger partial charge >= 0.3 is 5.97 Å². The smallest absolute Gasteiger partial charge is 0.333 e. The Balaban J connectivity index is 4.89. The standard InChI is InChI=1S/C14H28O3Si/c1-7-10-13(17-14(15)12(4)5)18(6,11-8-2)16-9-3/h13H,4,7-11H2,1-3,5-6H3. The van der Waals surface area contributed by atoms with Gasteiger partial charge in [0.2, 0.25) is 8.32 Å². The summed E-state index contributed by atoms with van der Waals surface area (Å²) < 4.78 is 11.6. The Labute approximate surface area is 113 Å². The van der Waals surface area contributed by atoms with Crippen molar-refractivity contribution in [3.63, 3.8) is 0 Å². The van der Waals surface area contributed by atoms with Crippen molar-refractivity contribution in [1.82, 2.24) is 0 Å². The van der Waals surface area contributed by atoms with Crippen molar-refractivity contribution in [2.75, 3.05) is 6.61 Å². The summed E-state index contributed by atoms with van der Waals surface area (Å²) in [5.74, 6) is -0.289. The van der Waals surface area contributed by atoms with Crippen LogP contribution in [-0.4, -0.2) is 26.6 Å². The molecule has 0 aromatic heterocycles. The first-order valence-electron chi connectivity index (χ1n) is 6.91. The summed E-state index contributed by atoms with van der Waals surface area (Å²) >= 11 is 0. The van der Waals surface area contributed by atoms with E-state index < -0.39 is 8.32 Å². The number of hydrogen-bond acceptors (Lipinski definition) is 3. The van der Waals surface area contributed by atoms with Gasteiger partial charge in [0, 0.05) is 12.2 Å². The molecule has 0 amide bonds. The van der Waals surface area contributed by atoms with Crippen LogP contribution in [0.2, 0.25) is 12.6 Å². The van der Waals surface area contributed by atoms with Gasteiger partial charge in [0.05, 0.1) is 0 Å². The molecule has 2 unspecified atom stereocenters. The Hall–Kier alpha value is -0.613.